The summed E-state index contributed by atoms with van der Waals surface area (Å²) >= 11 is 12.3. The summed E-state index contributed by atoms with van der Waals surface area (Å²) in [7, 11) is 3.36. The van der Waals surface area contributed by atoms with Gasteiger partial charge in [0.2, 0.25) is 0 Å². The van der Waals surface area contributed by atoms with Crippen LogP contribution in [0.25, 0.3) is 22.6 Å². The number of hydrogen-bond donors (Lipinski definition) is 1. The maximum atomic E-state index is 13.2. The van der Waals surface area contributed by atoms with Gasteiger partial charge in [0.05, 0.1) is 35.6 Å². The summed E-state index contributed by atoms with van der Waals surface area (Å²) in [5, 5.41) is 8.26. The van der Waals surface area contributed by atoms with E-state index >= 15 is 0 Å². The van der Waals surface area contributed by atoms with E-state index in [4.69, 9.17) is 27.9 Å². The summed E-state index contributed by atoms with van der Waals surface area (Å²) in [5.41, 5.74) is 3.20. The van der Waals surface area contributed by atoms with E-state index in [1.165, 1.54) is 0 Å². The van der Waals surface area contributed by atoms with Crippen molar-refractivity contribution in [1.29, 1.82) is 0 Å². The van der Waals surface area contributed by atoms with Gasteiger partial charge in [-0.25, -0.2) is 9.97 Å². The van der Waals surface area contributed by atoms with Gasteiger partial charge in [0.1, 0.15) is 11.4 Å². The van der Waals surface area contributed by atoms with Gasteiger partial charge in [0, 0.05) is 23.8 Å². The maximum Gasteiger partial charge on any atom is 0.270 e. The lowest BCUT2D eigenvalue weighted by Gasteiger charge is -2.16. The minimum Gasteiger partial charge on any atom is -0.495 e. The Morgan fingerprint density at radius 3 is 2.45 bits per heavy atom. The van der Waals surface area contributed by atoms with Crippen molar-refractivity contribution in [2.75, 3.05) is 7.11 Å². The summed E-state index contributed by atoms with van der Waals surface area (Å²) in [6.07, 6.45) is 3.45. The number of methoxy groups -OCH3 is 1. The molecule has 1 atom stereocenters. The molecule has 4 rings (SSSR count). The molecule has 7 nitrogen and oxygen atoms in total. The van der Waals surface area contributed by atoms with Gasteiger partial charge in [0.15, 0.2) is 5.82 Å². The first-order chi connectivity index (χ1) is 15.8. The van der Waals surface area contributed by atoms with E-state index in [0.717, 1.165) is 11.1 Å². The normalized spacial score (nSPS) is 11.8. The fraction of sp³-hybridized carbons (Fsp3) is 0.167. The van der Waals surface area contributed by atoms with Crippen LogP contribution in [0, 0.1) is 0 Å². The molecule has 0 fully saturated rings. The van der Waals surface area contributed by atoms with Gasteiger partial charge in [-0.3, -0.25) is 9.48 Å². The number of amides is 1. The first kappa shape index (κ1) is 22.8. The standard InChI is InChI=1S/C24H21Cl2N5O2/c1-14(16-6-9-22(33-3)19(26)10-16)28-24(32)21-11-20(15-4-7-18(25)8-5-15)29-23(30-21)17-12-27-31(2)13-17/h4-14H,1-3H3,(H,28,32)/t14-/m0/s1. The van der Waals surface area contributed by atoms with Crippen LogP contribution in [0.1, 0.15) is 29.0 Å². The molecule has 0 unspecified atom stereocenters. The molecule has 0 bridgehead atoms. The van der Waals surface area contributed by atoms with Gasteiger partial charge in [0.25, 0.3) is 5.91 Å². The van der Waals surface area contributed by atoms with Crippen LogP contribution in [0.4, 0.5) is 0 Å². The fourth-order valence-corrected chi connectivity index (χ4v) is 3.70. The number of aromatic nitrogens is 4. The van der Waals surface area contributed by atoms with E-state index in [9.17, 15) is 4.79 Å². The van der Waals surface area contributed by atoms with E-state index < -0.39 is 0 Å². The average Bonchev–Trinajstić information content (AvgIpc) is 3.25. The smallest absolute Gasteiger partial charge is 0.270 e. The predicted molar refractivity (Wildman–Crippen MR) is 129 cm³/mol. The van der Waals surface area contributed by atoms with Gasteiger partial charge in [-0.2, -0.15) is 5.10 Å². The summed E-state index contributed by atoms with van der Waals surface area (Å²) in [6, 6.07) is 14.0. The first-order valence-corrected chi connectivity index (χ1v) is 10.9. The molecule has 2 aromatic carbocycles. The molecule has 0 aliphatic carbocycles. The molecule has 1 N–H and O–H groups in total. The van der Waals surface area contributed by atoms with E-state index in [0.29, 0.717) is 32.9 Å². The second kappa shape index (κ2) is 9.60. The lowest BCUT2D eigenvalue weighted by molar-refractivity contribution is 0.0935. The third-order valence-electron chi connectivity index (χ3n) is 5.09. The summed E-state index contributed by atoms with van der Waals surface area (Å²) in [4.78, 5) is 22.3. The van der Waals surface area contributed by atoms with Crippen LogP contribution in [-0.2, 0) is 7.05 Å². The van der Waals surface area contributed by atoms with Gasteiger partial charge < -0.3 is 10.1 Å². The van der Waals surface area contributed by atoms with Gasteiger partial charge in [-0.05, 0) is 42.8 Å². The zero-order chi connectivity index (χ0) is 23.5. The molecule has 0 spiro atoms. The van der Waals surface area contributed by atoms with Crippen LogP contribution in [0.3, 0.4) is 0 Å². The minimum atomic E-state index is -0.336. The lowest BCUT2D eigenvalue weighted by atomic mass is 10.1. The maximum absolute atomic E-state index is 13.2. The molecule has 2 heterocycles. The van der Waals surface area contributed by atoms with Gasteiger partial charge >= 0.3 is 0 Å². The zero-order valence-electron chi connectivity index (χ0n) is 18.2. The van der Waals surface area contributed by atoms with Gasteiger partial charge in [-0.15, -0.1) is 0 Å². The van der Waals surface area contributed by atoms with Crippen molar-refractivity contribution in [1.82, 2.24) is 25.1 Å². The largest absolute Gasteiger partial charge is 0.495 e. The van der Waals surface area contributed by atoms with Crippen LogP contribution < -0.4 is 10.1 Å². The lowest BCUT2D eigenvalue weighted by Crippen LogP contribution is -2.27. The summed E-state index contributed by atoms with van der Waals surface area (Å²) < 4.78 is 6.85. The number of aryl methyl sites for hydroxylation is 1. The number of ether oxygens (including phenoxy) is 1. The second-order valence-corrected chi connectivity index (χ2v) is 8.30. The molecule has 0 saturated carbocycles. The van der Waals surface area contributed by atoms with E-state index in [2.05, 4.69) is 20.4 Å². The number of carbonyl (C=O) groups excluding carboxylic acids is 1. The molecule has 0 saturated heterocycles. The van der Waals surface area contributed by atoms with Crippen LogP contribution in [0.2, 0.25) is 10.0 Å². The highest BCUT2D eigenvalue weighted by molar-refractivity contribution is 6.32. The number of hydrogen-bond acceptors (Lipinski definition) is 5. The average molecular weight is 482 g/mol. The quantitative estimate of drug-likeness (QED) is 0.401. The topological polar surface area (TPSA) is 81.9 Å². The molecule has 33 heavy (non-hydrogen) atoms. The van der Waals surface area contributed by atoms with Crippen LogP contribution in [0.15, 0.2) is 60.9 Å². The molecule has 9 heteroatoms. The summed E-state index contributed by atoms with van der Waals surface area (Å²) in [6.45, 7) is 1.87. The Hall–Kier alpha value is -3.42. The van der Waals surface area contributed by atoms with Crippen molar-refractivity contribution in [3.63, 3.8) is 0 Å². The van der Waals surface area contributed by atoms with Crippen LogP contribution in [0.5, 0.6) is 5.75 Å². The Morgan fingerprint density at radius 1 is 1.06 bits per heavy atom. The van der Waals surface area contributed by atoms with Crippen molar-refractivity contribution in [3.8, 4) is 28.4 Å². The fourth-order valence-electron chi connectivity index (χ4n) is 3.30. The molecule has 2 aromatic heterocycles. The molecule has 0 radical (unpaired) electrons. The predicted octanol–water partition coefficient (Wildman–Crippen LogP) is 5.35. The Labute approximate surface area is 201 Å². The van der Waals surface area contributed by atoms with E-state index in [1.807, 2.05) is 32.2 Å². The second-order valence-electron chi connectivity index (χ2n) is 7.46. The van der Waals surface area contributed by atoms with Crippen molar-refractivity contribution < 1.29 is 9.53 Å². The molecular formula is C24H21Cl2N5O2. The number of carbonyl (C=O) groups is 1. The molecule has 0 aliphatic rings. The highest BCUT2D eigenvalue weighted by Gasteiger charge is 2.18. The van der Waals surface area contributed by atoms with Crippen molar-refractivity contribution in [3.05, 3.63) is 82.2 Å². The van der Waals surface area contributed by atoms with Crippen molar-refractivity contribution >= 4 is 29.1 Å². The first-order valence-electron chi connectivity index (χ1n) is 10.1. The highest BCUT2D eigenvalue weighted by atomic mass is 35.5. The van der Waals surface area contributed by atoms with Crippen LogP contribution >= 0.6 is 23.2 Å². The highest BCUT2D eigenvalue weighted by Crippen LogP contribution is 2.28. The Bertz CT molecular complexity index is 1300. The number of nitrogens with zero attached hydrogens (tertiary/aromatic N) is 4. The van der Waals surface area contributed by atoms with Crippen molar-refractivity contribution in [2.24, 2.45) is 7.05 Å². The molecule has 4 aromatic rings. The molecule has 0 aliphatic heterocycles. The number of rotatable bonds is 6. The van der Waals surface area contributed by atoms with E-state index in [-0.39, 0.29) is 17.6 Å². The third kappa shape index (κ3) is 5.16. The van der Waals surface area contributed by atoms with Gasteiger partial charge in [-0.1, -0.05) is 41.4 Å². The molecular weight excluding hydrogens is 461 g/mol. The van der Waals surface area contributed by atoms with Crippen LogP contribution in [-0.4, -0.2) is 32.8 Å². The Morgan fingerprint density at radius 2 is 1.82 bits per heavy atom. The molecule has 168 valence electrons. The Balaban J connectivity index is 1.68. The summed E-state index contributed by atoms with van der Waals surface area (Å²) in [5.74, 6) is 0.640. The monoisotopic (exact) mass is 481 g/mol. The third-order valence-corrected chi connectivity index (χ3v) is 5.63. The zero-order valence-corrected chi connectivity index (χ0v) is 19.7. The van der Waals surface area contributed by atoms with E-state index in [1.54, 1.807) is 54.5 Å². The molecule has 1 amide bonds. The number of halogens is 2. The number of nitrogens with one attached hydrogen (secondary N) is 1. The van der Waals surface area contributed by atoms with Crippen molar-refractivity contribution in [2.45, 2.75) is 13.0 Å². The number of benzene rings is 2. The minimum absolute atomic E-state index is 0.236. The SMILES string of the molecule is COc1ccc([C@H](C)NC(=O)c2cc(-c3ccc(Cl)cc3)nc(-c3cnn(C)c3)n2)cc1Cl. The Kier molecular flexibility index (Phi) is 6.62.